The van der Waals surface area contributed by atoms with E-state index >= 15 is 0 Å². The van der Waals surface area contributed by atoms with E-state index in [2.05, 4.69) is 21.3 Å². The van der Waals surface area contributed by atoms with Crippen LogP contribution in [0.2, 0.25) is 0 Å². The van der Waals surface area contributed by atoms with Crippen LogP contribution >= 0.6 is 0 Å². The lowest BCUT2D eigenvalue weighted by Gasteiger charge is -2.30. The van der Waals surface area contributed by atoms with Gasteiger partial charge in [-0.15, -0.1) is 0 Å². The van der Waals surface area contributed by atoms with Crippen LogP contribution in [-0.2, 0) is 19.2 Å². The Morgan fingerprint density at radius 2 is 0.792 bits per heavy atom. The predicted octanol–water partition coefficient (Wildman–Crippen LogP) is -0.930. The average molecular weight is 673 g/mol. The Morgan fingerprint density at radius 3 is 1.12 bits per heavy atom. The van der Waals surface area contributed by atoms with Crippen molar-refractivity contribution in [3.8, 4) is 34.5 Å². The van der Waals surface area contributed by atoms with Gasteiger partial charge in [-0.25, -0.2) is 0 Å². The van der Waals surface area contributed by atoms with Gasteiger partial charge in [0, 0.05) is 39.3 Å². The Hall–Kier alpha value is -5.30. The fourth-order valence-corrected chi connectivity index (χ4v) is 5.28. The van der Waals surface area contributed by atoms with E-state index in [9.17, 15) is 39.0 Å². The second-order valence-electron chi connectivity index (χ2n) is 10.6. The standard InChI is InChI=1S/C30H32N4O14/c35-11-9-31-5-7-33-21-17-18(22(34-8-6-32-10-12-36)28-27(21)45-13(37)1-2-14(38)46-28)24(42)20-19(23(17)41)25(43)29-30(26(20)44)48-16(40)4-3-15(39)47-29/h31-36,43-44H,1-12H2. The van der Waals surface area contributed by atoms with Crippen LogP contribution in [0.1, 0.15) is 57.5 Å². The van der Waals surface area contributed by atoms with Crippen LogP contribution in [-0.4, -0.2) is 108 Å². The molecule has 0 unspecified atom stereocenters. The Kier molecular flexibility index (Phi) is 10.4. The van der Waals surface area contributed by atoms with Crippen LogP contribution < -0.4 is 40.2 Å². The van der Waals surface area contributed by atoms with Crippen molar-refractivity contribution in [3.05, 3.63) is 22.3 Å². The molecular formula is C30H32N4O14. The first-order valence-corrected chi connectivity index (χ1v) is 15.0. The van der Waals surface area contributed by atoms with Gasteiger partial charge in [0.05, 0.1) is 72.5 Å². The van der Waals surface area contributed by atoms with Gasteiger partial charge in [-0.2, -0.15) is 0 Å². The number of nitrogens with one attached hydrogen (secondary N) is 4. The normalized spacial score (nSPS) is 15.6. The molecule has 0 saturated heterocycles. The number of esters is 4. The van der Waals surface area contributed by atoms with Crippen molar-refractivity contribution >= 4 is 46.8 Å². The summed E-state index contributed by atoms with van der Waals surface area (Å²) in [7, 11) is 0. The van der Waals surface area contributed by atoms with E-state index < -0.39 is 105 Å². The molecule has 3 aliphatic rings. The van der Waals surface area contributed by atoms with Crippen LogP contribution in [0.25, 0.3) is 0 Å². The lowest BCUT2D eigenvalue weighted by Crippen LogP contribution is -2.31. The fraction of sp³-hybridized carbons (Fsp3) is 0.400. The number of carbonyl (C=O) groups is 6. The lowest BCUT2D eigenvalue weighted by atomic mass is 9.80. The van der Waals surface area contributed by atoms with E-state index in [-0.39, 0.29) is 76.7 Å². The molecule has 0 bridgehead atoms. The summed E-state index contributed by atoms with van der Waals surface area (Å²) in [5.41, 5.74) is -3.11. The molecule has 256 valence electrons. The molecule has 2 aromatic carbocycles. The first-order chi connectivity index (χ1) is 23.1. The minimum Gasteiger partial charge on any atom is -0.504 e. The molecule has 1 aliphatic carbocycles. The van der Waals surface area contributed by atoms with Gasteiger partial charge >= 0.3 is 23.9 Å². The second-order valence-corrected chi connectivity index (χ2v) is 10.6. The van der Waals surface area contributed by atoms with Gasteiger partial charge in [0.25, 0.3) is 0 Å². The number of rotatable bonds is 12. The first kappa shape index (κ1) is 34.0. The van der Waals surface area contributed by atoms with Gasteiger partial charge in [-0.3, -0.25) is 28.8 Å². The number of benzene rings is 2. The van der Waals surface area contributed by atoms with Gasteiger partial charge in [0.1, 0.15) is 0 Å². The van der Waals surface area contributed by atoms with Crippen molar-refractivity contribution in [1.82, 2.24) is 10.6 Å². The van der Waals surface area contributed by atoms with Crippen LogP contribution in [0.5, 0.6) is 34.5 Å². The number of ether oxygens (including phenoxy) is 4. The molecule has 0 aromatic heterocycles. The molecule has 0 radical (unpaired) electrons. The van der Waals surface area contributed by atoms with Crippen LogP contribution in [0, 0.1) is 0 Å². The number of hydrogen-bond donors (Lipinski definition) is 8. The molecule has 48 heavy (non-hydrogen) atoms. The third-order valence-electron chi connectivity index (χ3n) is 7.39. The highest BCUT2D eigenvalue weighted by atomic mass is 16.6. The summed E-state index contributed by atoms with van der Waals surface area (Å²) in [6.45, 7) is 0.457. The summed E-state index contributed by atoms with van der Waals surface area (Å²) in [5, 5.41) is 52.4. The summed E-state index contributed by atoms with van der Waals surface area (Å²) < 4.78 is 21.4. The Bertz CT molecular complexity index is 1580. The highest BCUT2D eigenvalue weighted by Crippen LogP contribution is 2.56. The number of anilines is 2. The molecule has 2 aromatic rings. The second kappa shape index (κ2) is 14.6. The summed E-state index contributed by atoms with van der Waals surface area (Å²) in [5.74, 6) is -10.7. The molecule has 0 saturated carbocycles. The Balaban J connectivity index is 1.78. The van der Waals surface area contributed by atoms with Crippen molar-refractivity contribution in [2.45, 2.75) is 25.7 Å². The van der Waals surface area contributed by atoms with E-state index in [0.717, 1.165) is 0 Å². The van der Waals surface area contributed by atoms with Crippen LogP contribution in [0.15, 0.2) is 0 Å². The molecule has 18 heteroatoms. The summed E-state index contributed by atoms with van der Waals surface area (Å²) in [4.78, 5) is 79.1. The number of fused-ring (bicyclic) bond motifs is 4. The lowest BCUT2D eigenvalue weighted by molar-refractivity contribution is -0.142. The quantitative estimate of drug-likeness (QED) is 0.0379. The largest absolute Gasteiger partial charge is 0.504 e. The molecule has 0 spiro atoms. The number of phenolic OH excluding ortho intramolecular Hbond substituents is 2. The number of carbonyl (C=O) groups excluding carboxylic acids is 6. The zero-order chi connectivity index (χ0) is 34.5. The van der Waals surface area contributed by atoms with Gasteiger partial charge in [-0.05, 0) is 0 Å². The molecule has 2 aliphatic heterocycles. The SMILES string of the molecule is O=C1CCC(=O)Oc2c(O)c3c(c(O)c2O1)C(=O)c1c(NCCNCCO)c2c(c(NCCNCCO)c1C3=O)OC(=O)CCC(=O)O2. The molecule has 5 rings (SSSR count). The monoisotopic (exact) mass is 672 g/mol. The van der Waals surface area contributed by atoms with E-state index in [0.29, 0.717) is 0 Å². The number of phenols is 2. The summed E-state index contributed by atoms with van der Waals surface area (Å²) in [6.07, 6.45) is -1.63. The van der Waals surface area contributed by atoms with Crippen molar-refractivity contribution < 1.29 is 68.1 Å². The maximum absolute atomic E-state index is 14.4. The highest BCUT2D eigenvalue weighted by Gasteiger charge is 2.46. The highest BCUT2D eigenvalue weighted by molar-refractivity contribution is 6.35. The van der Waals surface area contributed by atoms with Crippen molar-refractivity contribution in [3.63, 3.8) is 0 Å². The smallest absolute Gasteiger partial charge is 0.312 e. The van der Waals surface area contributed by atoms with E-state index in [1.807, 2.05) is 0 Å². The predicted molar refractivity (Wildman–Crippen MR) is 161 cm³/mol. The molecule has 0 atom stereocenters. The summed E-state index contributed by atoms with van der Waals surface area (Å²) >= 11 is 0. The number of ketones is 2. The molecule has 0 amide bonds. The summed E-state index contributed by atoms with van der Waals surface area (Å²) in [6, 6.07) is 0. The molecular weight excluding hydrogens is 640 g/mol. The van der Waals surface area contributed by atoms with E-state index in [1.54, 1.807) is 0 Å². The first-order valence-electron chi connectivity index (χ1n) is 15.0. The molecule has 0 fully saturated rings. The number of aliphatic hydroxyl groups is 2. The van der Waals surface area contributed by atoms with Gasteiger partial charge < -0.3 is 60.6 Å². The van der Waals surface area contributed by atoms with Crippen molar-refractivity contribution in [2.75, 3.05) is 63.1 Å². The maximum Gasteiger partial charge on any atom is 0.312 e. The zero-order valence-corrected chi connectivity index (χ0v) is 25.4. The third kappa shape index (κ3) is 6.58. The van der Waals surface area contributed by atoms with Gasteiger partial charge in [0.2, 0.25) is 23.1 Å². The topological polar surface area (TPSA) is 268 Å². The van der Waals surface area contributed by atoms with Crippen molar-refractivity contribution in [1.29, 1.82) is 0 Å². The number of hydrogen-bond acceptors (Lipinski definition) is 18. The fourth-order valence-electron chi connectivity index (χ4n) is 5.28. The third-order valence-corrected chi connectivity index (χ3v) is 7.39. The Labute approximate surface area is 271 Å². The van der Waals surface area contributed by atoms with Crippen LogP contribution in [0.4, 0.5) is 11.4 Å². The number of aliphatic hydroxyl groups excluding tert-OH is 2. The average Bonchev–Trinajstić information content (AvgIpc) is 3.04. The Morgan fingerprint density at radius 1 is 0.458 bits per heavy atom. The van der Waals surface area contributed by atoms with E-state index in [4.69, 9.17) is 29.2 Å². The molecule has 8 N–H and O–H groups in total. The van der Waals surface area contributed by atoms with Crippen molar-refractivity contribution in [2.24, 2.45) is 0 Å². The molecule has 2 heterocycles. The maximum atomic E-state index is 14.4. The zero-order valence-electron chi connectivity index (χ0n) is 25.4. The van der Waals surface area contributed by atoms with E-state index in [1.165, 1.54) is 0 Å². The van der Waals surface area contributed by atoms with Gasteiger partial charge in [0.15, 0.2) is 23.0 Å². The number of aromatic hydroxyl groups is 2. The van der Waals surface area contributed by atoms with Crippen LogP contribution in [0.3, 0.4) is 0 Å². The molecule has 18 nitrogen and oxygen atoms in total. The minimum atomic E-state index is -1.11. The minimum absolute atomic E-state index is 0.00550. The van der Waals surface area contributed by atoms with Gasteiger partial charge in [-0.1, -0.05) is 0 Å².